The van der Waals surface area contributed by atoms with Crippen molar-refractivity contribution in [1.29, 1.82) is 0 Å². The Labute approximate surface area is 127 Å². The zero-order valence-corrected chi connectivity index (χ0v) is 12.1. The molecular formula is C15H16ClNO4. The molecule has 1 aliphatic heterocycles. The van der Waals surface area contributed by atoms with E-state index in [2.05, 4.69) is 0 Å². The average molecular weight is 310 g/mol. The molecule has 1 fully saturated rings. The molecule has 1 aromatic carbocycles. The standard InChI is InChI=1S/C15H16ClNO4/c16-12-4-1-11(2-5-12)3-6-14(18)17-7-8-21-10-13(17)9-15(19)20/h1-6,13H,7-10H2,(H,19,20)/b6-3+. The number of nitrogens with zero attached hydrogens (tertiary/aromatic N) is 1. The number of ether oxygens (including phenoxy) is 1. The zero-order chi connectivity index (χ0) is 15.2. The van der Waals surface area contributed by atoms with E-state index < -0.39 is 12.0 Å². The van der Waals surface area contributed by atoms with Crippen LogP contribution in [0, 0.1) is 0 Å². The van der Waals surface area contributed by atoms with E-state index in [4.69, 9.17) is 21.4 Å². The highest BCUT2D eigenvalue weighted by atomic mass is 35.5. The first-order valence-corrected chi connectivity index (χ1v) is 6.98. The quantitative estimate of drug-likeness (QED) is 0.865. The van der Waals surface area contributed by atoms with Crippen LogP contribution in [0.5, 0.6) is 0 Å². The number of halogens is 1. The Bertz CT molecular complexity index is 541. The number of morpholine rings is 1. The molecule has 0 saturated carbocycles. The number of carboxylic acids is 1. The molecule has 1 saturated heterocycles. The second-order valence-electron chi connectivity index (χ2n) is 4.74. The van der Waals surface area contributed by atoms with Crippen LogP contribution in [-0.4, -0.2) is 47.7 Å². The smallest absolute Gasteiger partial charge is 0.305 e. The predicted octanol–water partition coefficient (Wildman–Crippen LogP) is 2.06. The van der Waals surface area contributed by atoms with Gasteiger partial charge in [-0.3, -0.25) is 9.59 Å². The first kappa shape index (κ1) is 15.5. The van der Waals surface area contributed by atoms with Crippen molar-refractivity contribution in [1.82, 2.24) is 4.90 Å². The van der Waals surface area contributed by atoms with Gasteiger partial charge in [-0.15, -0.1) is 0 Å². The lowest BCUT2D eigenvalue weighted by atomic mass is 10.1. The van der Waals surface area contributed by atoms with E-state index >= 15 is 0 Å². The fourth-order valence-corrected chi connectivity index (χ4v) is 2.28. The van der Waals surface area contributed by atoms with Gasteiger partial charge in [0, 0.05) is 17.6 Å². The maximum absolute atomic E-state index is 12.2. The second-order valence-corrected chi connectivity index (χ2v) is 5.18. The van der Waals surface area contributed by atoms with Crippen LogP contribution in [0.2, 0.25) is 5.02 Å². The molecule has 1 amide bonds. The average Bonchev–Trinajstić information content (AvgIpc) is 2.46. The minimum absolute atomic E-state index is 0.111. The highest BCUT2D eigenvalue weighted by molar-refractivity contribution is 6.30. The first-order valence-electron chi connectivity index (χ1n) is 6.60. The van der Waals surface area contributed by atoms with Gasteiger partial charge in [0.15, 0.2) is 0 Å². The van der Waals surface area contributed by atoms with Gasteiger partial charge in [0.05, 0.1) is 25.7 Å². The number of rotatable bonds is 4. The van der Waals surface area contributed by atoms with Gasteiger partial charge in [-0.25, -0.2) is 0 Å². The highest BCUT2D eigenvalue weighted by Crippen LogP contribution is 2.14. The normalized spacial score (nSPS) is 18.9. The van der Waals surface area contributed by atoms with E-state index in [1.807, 2.05) is 0 Å². The molecule has 21 heavy (non-hydrogen) atoms. The molecule has 1 aromatic rings. The largest absolute Gasteiger partial charge is 0.481 e. The summed E-state index contributed by atoms with van der Waals surface area (Å²) in [5, 5.41) is 9.51. The van der Waals surface area contributed by atoms with E-state index in [1.54, 1.807) is 35.2 Å². The van der Waals surface area contributed by atoms with E-state index in [1.165, 1.54) is 6.08 Å². The summed E-state index contributed by atoms with van der Waals surface area (Å²) >= 11 is 5.79. The lowest BCUT2D eigenvalue weighted by Gasteiger charge is -2.34. The first-order chi connectivity index (χ1) is 10.1. The molecule has 2 rings (SSSR count). The Balaban J connectivity index is 2.03. The Morgan fingerprint density at radius 2 is 2.10 bits per heavy atom. The fraction of sp³-hybridized carbons (Fsp3) is 0.333. The molecule has 0 aromatic heterocycles. The van der Waals surface area contributed by atoms with Crippen molar-refractivity contribution in [3.63, 3.8) is 0 Å². The number of carboxylic acid groups (broad SMARTS) is 1. The zero-order valence-electron chi connectivity index (χ0n) is 11.4. The van der Waals surface area contributed by atoms with Gasteiger partial charge in [-0.1, -0.05) is 23.7 Å². The molecule has 5 nitrogen and oxygen atoms in total. The number of amides is 1. The van der Waals surface area contributed by atoms with Crippen molar-refractivity contribution in [2.24, 2.45) is 0 Å². The third-order valence-electron chi connectivity index (χ3n) is 3.21. The van der Waals surface area contributed by atoms with E-state index in [9.17, 15) is 9.59 Å². The van der Waals surface area contributed by atoms with Gasteiger partial charge in [0.2, 0.25) is 5.91 Å². The fourth-order valence-electron chi connectivity index (χ4n) is 2.15. The summed E-state index contributed by atoms with van der Waals surface area (Å²) in [7, 11) is 0. The number of hydrogen-bond donors (Lipinski definition) is 1. The summed E-state index contributed by atoms with van der Waals surface area (Å²) in [4.78, 5) is 24.6. The van der Waals surface area contributed by atoms with Gasteiger partial charge < -0.3 is 14.7 Å². The monoisotopic (exact) mass is 309 g/mol. The van der Waals surface area contributed by atoms with Crippen molar-refractivity contribution < 1.29 is 19.4 Å². The summed E-state index contributed by atoms with van der Waals surface area (Å²) in [6.45, 7) is 1.09. The van der Waals surface area contributed by atoms with Gasteiger partial charge >= 0.3 is 5.97 Å². The lowest BCUT2D eigenvalue weighted by Crippen LogP contribution is -2.49. The molecule has 0 bridgehead atoms. The highest BCUT2D eigenvalue weighted by Gasteiger charge is 2.27. The number of hydrogen-bond acceptors (Lipinski definition) is 3. The van der Waals surface area contributed by atoms with Crippen molar-refractivity contribution >= 4 is 29.6 Å². The van der Waals surface area contributed by atoms with Crippen LogP contribution in [-0.2, 0) is 14.3 Å². The second kappa shape index (κ2) is 7.24. The summed E-state index contributed by atoms with van der Waals surface area (Å²) in [5.74, 6) is -1.15. The molecule has 1 unspecified atom stereocenters. The molecule has 6 heteroatoms. The lowest BCUT2D eigenvalue weighted by molar-refractivity contribution is -0.143. The Hall–Kier alpha value is -1.85. The molecule has 1 aliphatic rings. The third-order valence-corrected chi connectivity index (χ3v) is 3.46. The Morgan fingerprint density at radius 1 is 1.38 bits per heavy atom. The van der Waals surface area contributed by atoms with Crippen LogP contribution >= 0.6 is 11.6 Å². The molecule has 1 heterocycles. The maximum atomic E-state index is 12.2. The number of aliphatic carboxylic acids is 1. The van der Waals surface area contributed by atoms with Crippen LogP contribution in [0.15, 0.2) is 30.3 Å². The molecular weight excluding hydrogens is 294 g/mol. The molecule has 1 atom stereocenters. The minimum atomic E-state index is -0.940. The number of carbonyl (C=O) groups is 2. The summed E-state index contributed by atoms with van der Waals surface area (Å²) < 4.78 is 5.24. The van der Waals surface area contributed by atoms with E-state index in [-0.39, 0.29) is 18.9 Å². The van der Waals surface area contributed by atoms with Gasteiger partial charge in [-0.2, -0.15) is 0 Å². The van der Waals surface area contributed by atoms with E-state index in [0.717, 1.165) is 5.56 Å². The summed E-state index contributed by atoms with van der Waals surface area (Å²) in [6.07, 6.45) is 3.02. The number of benzene rings is 1. The molecule has 1 N–H and O–H groups in total. The minimum Gasteiger partial charge on any atom is -0.481 e. The van der Waals surface area contributed by atoms with Crippen molar-refractivity contribution in [2.75, 3.05) is 19.8 Å². The van der Waals surface area contributed by atoms with Crippen molar-refractivity contribution in [3.05, 3.63) is 40.9 Å². The van der Waals surface area contributed by atoms with Crippen LogP contribution in [0.25, 0.3) is 6.08 Å². The Morgan fingerprint density at radius 3 is 2.76 bits per heavy atom. The van der Waals surface area contributed by atoms with Crippen molar-refractivity contribution in [3.8, 4) is 0 Å². The van der Waals surface area contributed by atoms with Crippen LogP contribution < -0.4 is 0 Å². The molecule has 112 valence electrons. The number of carbonyl (C=O) groups excluding carboxylic acids is 1. The third kappa shape index (κ3) is 4.58. The van der Waals surface area contributed by atoms with Crippen LogP contribution in [0.1, 0.15) is 12.0 Å². The Kier molecular flexibility index (Phi) is 5.36. The van der Waals surface area contributed by atoms with Crippen LogP contribution in [0.3, 0.4) is 0 Å². The molecule has 0 spiro atoms. The topological polar surface area (TPSA) is 66.8 Å². The van der Waals surface area contributed by atoms with Gasteiger partial charge in [-0.05, 0) is 23.8 Å². The molecule has 0 aliphatic carbocycles. The SMILES string of the molecule is O=C(O)CC1COCCN1C(=O)/C=C/c1ccc(Cl)cc1. The van der Waals surface area contributed by atoms with Gasteiger partial charge in [0.1, 0.15) is 0 Å². The molecule has 0 radical (unpaired) electrons. The van der Waals surface area contributed by atoms with Crippen molar-refractivity contribution in [2.45, 2.75) is 12.5 Å². The summed E-state index contributed by atoms with van der Waals surface area (Å²) in [6, 6.07) is 6.68. The summed E-state index contributed by atoms with van der Waals surface area (Å²) in [5.41, 5.74) is 0.857. The van der Waals surface area contributed by atoms with E-state index in [0.29, 0.717) is 18.2 Å². The maximum Gasteiger partial charge on any atom is 0.305 e. The predicted molar refractivity (Wildman–Crippen MR) is 79.1 cm³/mol. The van der Waals surface area contributed by atoms with Gasteiger partial charge in [0.25, 0.3) is 0 Å². The van der Waals surface area contributed by atoms with Crippen LogP contribution in [0.4, 0.5) is 0 Å².